The minimum Gasteiger partial charge on any atom is -0.479 e. The van der Waals surface area contributed by atoms with Gasteiger partial charge in [0.1, 0.15) is 11.5 Å². The van der Waals surface area contributed by atoms with Crippen LogP contribution in [0, 0.1) is 11.5 Å². The number of benzene rings is 3. The van der Waals surface area contributed by atoms with Gasteiger partial charge in [-0.1, -0.05) is 60.7 Å². The number of rotatable bonds is 9. The van der Waals surface area contributed by atoms with Crippen molar-refractivity contribution in [2.75, 3.05) is 17.7 Å². The summed E-state index contributed by atoms with van der Waals surface area (Å²) in [6.45, 7) is -0.00995. The summed E-state index contributed by atoms with van der Waals surface area (Å²) in [7, 11) is -2.38. The second kappa shape index (κ2) is 11.0. The normalized spacial score (nSPS) is 11.9. The molecule has 0 spiro atoms. The predicted octanol–water partition coefficient (Wildman–Crippen LogP) is 3.91. The summed E-state index contributed by atoms with van der Waals surface area (Å²) < 4.78 is 54.6. The van der Waals surface area contributed by atoms with Crippen LogP contribution in [0.15, 0.2) is 77.7 Å². The smallest absolute Gasteiger partial charge is 0.275 e. The van der Waals surface area contributed by atoms with Gasteiger partial charge in [0, 0.05) is 17.4 Å². The molecule has 0 bridgehead atoms. The fraction of sp³-hybridized carbons (Fsp3) is 0.115. The molecule has 0 aliphatic carbocycles. The molecule has 1 aromatic heterocycles. The lowest BCUT2D eigenvalue weighted by Crippen LogP contribution is -2.19. The van der Waals surface area contributed by atoms with Crippen LogP contribution >= 0.6 is 0 Å². The van der Waals surface area contributed by atoms with E-state index < -0.39 is 21.1 Å². The van der Waals surface area contributed by atoms with E-state index in [1.165, 1.54) is 19.2 Å². The van der Waals surface area contributed by atoms with Crippen molar-refractivity contribution >= 4 is 33.1 Å². The fourth-order valence-electron chi connectivity index (χ4n) is 4.11. The number of para-hydroxylation sites is 1. The van der Waals surface area contributed by atoms with Gasteiger partial charge in [0.15, 0.2) is 22.3 Å². The van der Waals surface area contributed by atoms with Gasteiger partial charge in [-0.05, 0) is 23.3 Å². The first-order valence-electron chi connectivity index (χ1n) is 11.1. The molecule has 3 aromatic carbocycles. The highest BCUT2D eigenvalue weighted by Crippen LogP contribution is 2.35. The Bertz CT molecular complexity index is 1680. The lowest BCUT2D eigenvalue weighted by atomic mass is 10.0. The first-order chi connectivity index (χ1) is 18.2. The van der Waals surface area contributed by atoms with Gasteiger partial charge < -0.3 is 9.30 Å². The van der Waals surface area contributed by atoms with Gasteiger partial charge >= 0.3 is 0 Å². The highest BCUT2D eigenvalue weighted by molar-refractivity contribution is 7.90. The molecule has 38 heavy (non-hydrogen) atoms. The number of carbonyl (C=O) groups is 1. The van der Waals surface area contributed by atoms with Gasteiger partial charge in [0.05, 0.1) is 24.2 Å². The summed E-state index contributed by atoms with van der Waals surface area (Å²) in [6, 6.07) is 20.2. The highest BCUT2D eigenvalue weighted by atomic mass is 32.2. The molecule has 0 amide bonds. The highest BCUT2D eigenvalue weighted by Gasteiger charge is 2.23. The maximum Gasteiger partial charge on any atom is 0.275 e. The van der Waals surface area contributed by atoms with Crippen LogP contribution in [-0.2, 0) is 27.6 Å². The van der Waals surface area contributed by atoms with Crippen molar-refractivity contribution in [1.29, 1.82) is 5.26 Å². The van der Waals surface area contributed by atoms with Crippen LogP contribution in [0.4, 0.5) is 5.69 Å². The summed E-state index contributed by atoms with van der Waals surface area (Å²) in [5.74, 6) is 0.535. The van der Waals surface area contributed by atoms with Crippen molar-refractivity contribution in [3.8, 4) is 34.6 Å². The SMILES string of the molecule is COc1nc(-c2ccccc2)n(Cc2ccc(-c3ccccc3N(C#N)S(=O)O)cc2S(C)(=O)=O)c1C=O. The molecule has 0 saturated heterocycles. The number of nitriles is 1. The second-order valence-electron chi connectivity index (χ2n) is 8.14. The van der Waals surface area contributed by atoms with E-state index >= 15 is 0 Å². The number of nitrogens with zero attached hydrogens (tertiary/aromatic N) is 4. The topological polar surface area (TPSA) is 143 Å². The minimum absolute atomic E-state index is 0.00995. The molecule has 0 aliphatic rings. The summed E-state index contributed by atoms with van der Waals surface area (Å²) in [4.78, 5) is 16.5. The molecule has 0 saturated carbocycles. The number of aldehydes is 1. The van der Waals surface area contributed by atoms with E-state index in [-0.39, 0.29) is 28.7 Å². The monoisotopic (exact) mass is 550 g/mol. The third-order valence-electron chi connectivity index (χ3n) is 5.79. The molecule has 10 nitrogen and oxygen atoms in total. The third-order valence-corrected chi connectivity index (χ3v) is 7.56. The van der Waals surface area contributed by atoms with Crippen LogP contribution in [0.5, 0.6) is 5.88 Å². The molecule has 1 N–H and O–H groups in total. The lowest BCUT2D eigenvalue weighted by molar-refractivity contribution is 0.111. The van der Waals surface area contributed by atoms with Crippen molar-refractivity contribution in [1.82, 2.24) is 9.55 Å². The average molecular weight is 551 g/mol. The molecule has 0 aliphatic heterocycles. The van der Waals surface area contributed by atoms with E-state index in [1.54, 1.807) is 41.1 Å². The molecule has 1 heterocycles. The van der Waals surface area contributed by atoms with Crippen LogP contribution in [0.2, 0.25) is 0 Å². The number of aromatic nitrogens is 2. The number of sulfone groups is 1. The Balaban J connectivity index is 1.89. The average Bonchev–Trinajstić information content (AvgIpc) is 3.26. The Labute approximate surface area is 222 Å². The maximum absolute atomic E-state index is 12.9. The van der Waals surface area contributed by atoms with Gasteiger partial charge in [-0.2, -0.15) is 14.6 Å². The molecule has 1 atom stereocenters. The first kappa shape index (κ1) is 26.7. The Hall–Kier alpha value is -4.31. The minimum atomic E-state index is -3.78. The van der Waals surface area contributed by atoms with E-state index in [0.717, 1.165) is 6.26 Å². The number of methoxy groups -OCH3 is 1. The van der Waals surface area contributed by atoms with E-state index in [0.29, 0.717) is 38.7 Å². The number of hydrogen-bond acceptors (Lipinski definition) is 7. The summed E-state index contributed by atoms with van der Waals surface area (Å²) in [5, 5.41) is 9.38. The van der Waals surface area contributed by atoms with Crippen molar-refractivity contribution in [3.63, 3.8) is 0 Å². The Morgan fingerprint density at radius 2 is 1.79 bits per heavy atom. The fourth-order valence-corrected chi connectivity index (χ4v) is 5.46. The van der Waals surface area contributed by atoms with Crippen molar-refractivity contribution < 1.29 is 26.7 Å². The second-order valence-corrected chi connectivity index (χ2v) is 10.9. The largest absolute Gasteiger partial charge is 0.479 e. The molecule has 1 unspecified atom stereocenters. The molecule has 4 rings (SSSR count). The van der Waals surface area contributed by atoms with Crippen LogP contribution in [0.1, 0.15) is 16.1 Å². The quantitative estimate of drug-likeness (QED) is 0.143. The van der Waals surface area contributed by atoms with Crippen LogP contribution < -0.4 is 9.04 Å². The van der Waals surface area contributed by atoms with E-state index in [2.05, 4.69) is 4.98 Å². The molecule has 0 fully saturated rings. The van der Waals surface area contributed by atoms with Gasteiger partial charge in [0.25, 0.3) is 11.3 Å². The number of anilines is 1. The molecule has 4 aromatic rings. The zero-order valence-corrected chi connectivity index (χ0v) is 21.9. The summed E-state index contributed by atoms with van der Waals surface area (Å²) >= 11 is -2.62. The molecule has 194 valence electrons. The molecular formula is C26H22N4O6S2. The van der Waals surface area contributed by atoms with Gasteiger partial charge in [-0.25, -0.2) is 12.6 Å². The van der Waals surface area contributed by atoms with Crippen molar-refractivity contribution in [3.05, 3.63) is 84.1 Å². The van der Waals surface area contributed by atoms with Crippen molar-refractivity contribution in [2.45, 2.75) is 11.4 Å². The van der Waals surface area contributed by atoms with Gasteiger partial charge in [-0.3, -0.25) is 9.35 Å². The number of imidazole rings is 1. The summed E-state index contributed by atoms with van der Waals surface area (Å²) in [6.07, 6.45) is 3.34. The molecule has 12 heteroatoms. The number of carbonyl (C=O) groups excluding carboxylic acids is 1. The van der Waals surface area contributed by atoms with Gasteiger partial charge in [-0.15, -0.1) is 0 Å². The van der Waals surface area contributed by atoms with Gasteiger partial charge in [0.2, 0.25) is 5.88 Å². The lowest BCUT2D eigenvalue weighted by Gasteiger charge is -2.17. The first-order valence-corrected chi connectivity index (χ1v) is 14.0. The van der Waals surface area contributed by atoms with Crippen LogP contribution in [0.3, 0.4) is 0 Å². The number of ether oxygens (including phenoxy) is 1. The zero-order chi connectivity index (χ0) is 27.4. The van der Waals surface area contributed by atoms with E-state index in [1.807, 2.05) is 30.3 Å². The van der Waals surface area contributed by atoms with E-state index in [4.69, 9.17) is 4.74 Å². The third kappa shape index (κ3) is 5.21. The van der Waals surface area contributed by atoms with Crippen LogP contribution in [-0.4, -0.2) is 46.4 Å². The van der Waals surface area contributed by atoms with Crippen molar-refractivity contribution in [2.24, 2.45) is 0 Å². The Morgan fingerprint density at radius 3 is 2.39 bits per heavy atom. The molecular weight excluding hydrogens is 528 g/mol. The standard InChI is InChI=1S/C26H22N4O6S2/c1-36-26-23(16-31)29(25(28-26)18-8-4-3-5-9-18)15-20-13-12-19(14-24(20)38(2,34)35)21-10-6-7-11-22(21)30(17-27)37(32)33/h3-14,16H,15H2,1-2H3,(H,32,33). The molecule has 0 radical (unpaired) electrons. The zero-order valence-electron chi connectivity index (χ0n) is 20.3. The predicted molar refractivity (Wildman–Crippen MR) is 143 cm³/mol. The van der Waals surface area contributed by atoms with Crippen LogP contribution in [0.25, 0.3) is 22.5 Å². The summed E-state index contributed by atoms with van der Waals surface area (Å²) in [5.41, 5.74) is 2.18. The Morgan fingerprint density at radius 1 is 1.11 bits per heavy atom. The Kier molecular flexibility index (Phi) is 7.72. The maximum atomic E-state index is 12.9. The number of hydrogen-bond donors (Lipinski definition) is 1. The van der Waals surface area contributed by atoms with E-state index in [9.17, 15) is 27.2 Å².